The summed E-state index contributed by atoms with van der Waals surface area (Å²) in [5.74, 6) is 1.31. The molecule has 1 saturated heterocycles. The molecule has 0 spiro atoms. The lowest BCUT2D eigenvalue weighted by Crippen LogP contribution is -2.50. The highest BCUT2D eigenvalue weighted by Crippen LogP contribution is 2.31. The van der Waals surface area contributed by atoms with Crippen LogP contribution >= 0.6 is 0 Å². The van der Waals surface area contributed by atoms with E-state index in [9.17, 15) is 9.59 Å². The topological polar surface area (TPSA) is 64.0 Å². The number of carbonyl (C=O) groups is 2. The Morgan fingerprint density at radius 3 is 1.95 bits per heavy atom. The number of piperazine rings is 1. The Kier molecular flexibility index (Phi) is 7.18. The standard InChI is InChI=1S/C31H31N3O4/c1-22-28(21-29(23-9-5-4-6-10-23)34(22)25-12-8-14-27(20-25)38-3)31(36)33-17-15-32(16-18-33)30(35)24-11-7-13-26(19-24)37-2/h4-14,19-21H,15-18H2,1-3H3. The molecule has 7 nitrogen and oxygen atoms in total. The molecule has 7 heteroatoms. The van der Waals surface area contributed by atoms with Gasteiger partial charge >= 0.3 is 0 Å². The van der Waals surface area contributed by atoms with Gasteiger partial charge in [0.05, 0.1) is 25.5 Å². The molecule has 4 aromatic rings. The number of rotatable bonds is 6. The maximum Gasteiger partial charge on any atom is 0.255 e. The largest absolute Gasteiger partial charge is 0.497 e. The summed E-state index contributed by atoms with van der Waals surface area (Å²) in [6.45, 7) is 3.87. The Labute approximate surface area is 222 Å². The van der Waals surface area contributed by atoms with Crippen molar-refractivity contribution in [2.24, 2.45) is 0 Å². The molecule has 1 aliphatic heterocycles. The van der Waals surface area contributed by atoms with Crippen LogP contribution in [0.15, 0.2) is 84.9 Å². The third kappa shape index (κ3) is 4.87. The second-order valence-corrected chi connectivity index (χ2v) is 9.25. The molecule has 0 unspecified atom stereocenters. The number of amides is 2. The average Bonchev–Trinajstić information content (AvgIpc) is 3.33. The van der Waals surface area contributed by atoms with Gasteiger partial charge in [-0.1, -0.05) is 42.5 Å². The van der Waals surface area contributed by atoms with Crippen LogP contribution < -0.4 is 9.47 Å². The van der Waals surface area contributed by atoms with Crippen molar-refractivity contribution in [3.8, 4) is 28.4 Å². The van der Waals surface area contributed by atoms with E-state index in [1.54, 1.807) is 31.3 Å². The van der Waals surface area contributed by atoms with Crippen LogP contribution in [0.25, 0.3) is 16.9 Å². The Morgan fingerprint density at radius 1 is 0.684 bits per heavy atom. The maximum absolute atomic E-state index is 13.8. The van der Waals surface area contributed by atoms with Crippen LogP contribution in [-0.2, 0) is 0 Å². The van der Waals surface area contributed by atoms with Gasteiger partial charge in [0.25, 0.3) is 11.8 Å². The minimum atomic E-state index is -0.0530. The first-order valence-corrected chi connectivity index (χ1v) is 12.6. The van der Waals surface area contributed by atoms with E-state index in [1.165, 1.54) is 0 Å². The minimum Gasteiger partial charge on any atom is -0.497 e. The van der Waals surface area contributed by atoms with Crippen molar-refractivity contribution in [2.45, 2.75) is 6.92 Å². The first-order valence-electron chi connectivity index (χ1n) is 12.6. The van der Waals surface area contributed by atoms with Gasteiger partial charge in [0.1, 0.15) is 11.5 Å². The number of nitrogens with zero attached hydrogens (tertiary/aromatic N) is 3. The molecule has 0 bridgehead atoms. The van der Waals surface area contributed by atoms with E-state index in [0.29, 0.717) is 43.1 Å². The number of methoxy groups -OCH3 is 2. The van der Waals surface area contributed by atoms with Crippen molar-refractivity contribution in [1.82, 2.24) is 14.4 Å². The minimum absolute atomic E-state index is 0.0326. The van der Waals surface area contributed by atoms with E-state index < -0.39 is 0 Å². The smallest absolute Gasteiger partial charge is 0.255 e. The predicted molar refractivity (Wildman–Crippen MR) is 147 cm³/mol. The fourth-order valence-electron chi connectivity index (χ4n) is 4.95. The highest BCUT2D eigenvalue weighted by molar-refractivity contribution is 5.98. The Balaban J connectivity index is 1.40. The number of aromatic nitrogens is 1. The summed E-state index contributed by atoms with van der Waals surface area (Å²) >= 11 is 0. The lowest BCUT2D eigenvalue weighted by Gasteiger charge is -2.35. The summed E-state index contributed by atoms with van der Waals surface area (Å²) in [5, 5.41) is 0. The summed E-state index contributed by atoms with van der Waals surface area (Å²) < 4.78 is 12.8. The lowest BCUT2D eigenvalue weighted by atomic mass is 10.1. The average molecular weight is 510 g/mol. The van der Waals surface area contributed by atoms with Gasteiger partial charge in [0.15, 0.2) is 0 Å². The molecule has 3 aromatic carbocycles. The van der Waals surface area contributed by atoms with E-state index >= 15 is 0 Å². The molecule has 194 valence electrons. The van der Waals surface area contributed by atoms with Gasteiger partial charge in [0.2, 0.25) is 0 Å². The Hall–Kier alpha value is -4.52. The lowest BCUT2D eigenvalue weighted by molar-refractivity contribution is 0.0535. The number of benzene rings is 3. The van der Waals surface area contributed by atoms with Crippen LogP contribution in [0.2, 0.25) is 0 Å². The normalized spacial score (nSPS) is 13.3. The van der Waals surface area contributed by atoms with Gasteiger partial charge in [-0.3, -0.25) is 9.59 Å². The number of hydrogen-bond donors (Lipinski definition) is 0. The first kappa shape index (κ1) is 25.1. The molecule has 0 atom stereocenters. The van der Waals surface area contributed by atoms with Gasteiger partial charge in [-0.05, 0) is 48.9 Å². The molecule has 5 rings (SSSR count). The maximum atomic E-state index is 13.8. The van der Waals surface area contributed by atoms with Crippen molar-refractivity contribution in [1.29, 1.82) is 0 Å². The van der Waals surface area contributed by atoms with Crippen LogP contribution in [0.4, 0.5) is 0 Å². The van der Waals surface area contributed by atoms with Crippen LogP contribution in [0.5, 0.6) is 11.5 Å². The molecule has 38 heavy (non-hydrogen) atoms. The fourth-order valence-corrected chi connectivity index (χ4v) is 4.95. The molecule has 2 amide bonds. The van der Waals surface area contributed by atoms with E-state index in [2.05, 4.69) is 4.57 Å². The van der Waals surface area contributed by atoms with Crippen LogP contribution in [0.3, 0.4) is 0 Å². The van der Waals surface area contributed by atoms with E-state index in [4.69, 9.17) is 9.47 Å². The van der Waals surface area contributed by atoms with Gasteiger partial charge in [-0.2, -0.15) is 0 Å². The summed E-state index contributed by atoms with van der Waals surface area (Å²) in [4.78, 5) is 30.4. The van der Waals surface area contributed by atoms with Crippen molar-refractivity contribution in [3.05, 3.63) is 102 Å². The quantitative estimate of drug-likeness (QED) is 0.364. The number of hydrogen-bond acceptors (Lipinski definition) is 4. The highest BCUT2D eigenvalue weighted by Gasteiger charge is 2.28. The molecular formula is C31H31N3O4. The Morgan fingerprint density at radius 2 is 1.29 bits per heavy atom. The van der Waals surface area contributed by atoms with Gasteiger partial charge < -0.3 is 23.8 Å². The fraction of sp³-hybridized carbons (Fsp3) is 0.226. The van der Waals surface area contributed by atoms with Crippen molar-refractivity contribution in [3.63, 3.8) is 0 Å². The second-order valence-electron chi connectivity index (χ2n) is 9.25. The van der Waals surface area contributed by atoms with E-state index in [0.717, 1.165) is 28.4 Å². The van der Waals surface area contributed by atoms with Crippen LogP contribution in [-0.4, -0.2) is 66.6 Å². The number of carbonyl (C=O) groups excluding carboxylic acids is 2. The highest BCUT2D eigenvalue weighted by atomic mass is 16.5. The summed E-state index contributed by atoms with van der Waals surface area (Å²) in [7, 11) is 3.23. The van der Waals surface area contributed by atoms with Crippen LogP contribution in [0, 0.1) is 6.92 Å². The van der Waals surface area contributed by atoms with Gasteiger partial charge in [0, 0.05) is 49.2 Å². The van der Waals surface area contributed by atoms with Crippen molar-refractivity contribution in [2.75, 3.05) is 40.4 Å². The van der Waals surface area contributed by atoms with E-state index in [-0.39, 0.29) is 11.8 Å². The summed E-state index contributed by atoms with van der Waals surface area (Å²) in [5.41, 5.74) is 4.98. The second kappa shape index (κ2) is 10.8. The third-order valence-electron chi connectivity index (χ3n) is 7.03. The SMILES string of the molecule is COc1cccc(C(=O)N2CCN(C(=O)c3cc(-c4ccccc4)n(-c4cccc(OC)c4)c3C)CC2)c1. The molecule has 1 aliphatic rings. The molecule has 0 saturated carbocycles. The van der Waals surface area contributed by atoms with Gasteiger partial charge in [-0.25, -0.2) is 0 Å². The summed E-state index contributed by atoms with van der Waals surface area (Å²) in [6, 6.07) is 27.0. The zero-order valence-electron chi connectivity index (χ0n) is 21.9. The zero-order valence-corrected chi connectivity index (χ0v) is 21.9. The van der Waals surface area contributed by atoms with E-state index in [1.807, 2.05) is 84.6 Å². The van der Waals surface area contributed by atoms with Gasteiger partial charge in [-0.15, -0.1) is 0 Å². The molecule has 0 aliphatic carbocycles. The Bertz CT molecular complexity index is 1450. The molecule has 1 aromatic heterocycles. The molecule has 0 radical (unpaired) electrons. The van der Waals surface area contributed by atoms with Crippen molar-refractivity contribution >= 4 is 11.8 Å². The molecule has 1 fully saturated rings. The summed E-state index contributed by atoms with van der Waals surface area (Å²) in [6.07, 6.45) is 0. The molecule has 2 heterocycles. The predicted octanol–water partition coefficient (Wildman–Crippen LogP) is 5.07. The zero-order chi connectivity index (χ0) is 26.6. The third-order valence-corrected chi connectivity index (χ3v) is 7.03. The van der Waals surface area contributed by atoms with Crippen molar-refractivity contribution < 1.29 is 19.1 Å². The first-order chi connectivity index (χ1) is 18.5. The molecule has 0 N–H and O–H groups in total. The molecular weight excluding hydrogens is 478 g/mol. The number of ether oxygens (including phenoxy) is 2. The van der Waals surface area contributed by atoms with Crippen LogP contribution in [0.1, 0.15) is 26.4 Å². The monoisotopic (exact) mass is 509 g/mol.